The second-order valence-corrected chi connectivity index (χ2v) is 11.5. The van der Waals surface area contributed by atoms with E-state index < -0.39 is 6.34 Å². The molecule has 25 heavy (non-hydrogen) atoms. The molecule has 3 heteroatoms. The molecule has 0 aliphatic rings. The van der Waals surface area contributed by atoms with Gasteiger partial charge in [-0.1, -0.05) is 64.0 Å². The zero-order valence-corrected chi connectivity index (χ0v) is 16.8. The summed E-state index contributed by atoms with van der Waals surface area (Å²) in [6.45, 7) is 8.26. The smallest absolute Gasteiger partial charge is 0.199 e. The van der Waals surface area contributed by atoms with Crippen LogP contribution in [-0.4, -0.2) is 0 Å². The predicted octanol–water partition coefficient (Wildman–Crippen LogP) is 5.94. The Bertz CT molecular complexity index is 851. The molecule has 0 aromatic heterocycles. The van der Waals surface area contributed by atoms with E-state index in [2.05, 4.69) is 64.1 Å². The summed E-state index contributed by atoms with van der Waals surface area (Å²) < 4.78 is 14.4. The van der Waals surface area contributed by atoms with Crippen LogP contribution in [0.3, 0.4) is 0 Å². The van der Waals surface area contributed by atoms with E-state index in [0.717, 1.165) is 37.8 Å². The van der Waals surface area contributed by atoms with Crippen LogP contribution >= 0.6 is 17.7 Å². The summed E-state index contributed by atoms with van der Waals surface area (Å²) in [6, 6.07) is 22.6. The van der Waals surface area contributed by atoms with Gasteiger partial charge in [0.25, 0.3) is 0 Å². The van der Waals surface area contributed by atoms with Crippen molar-refractivity contribution >= 4 is 28.3 Å². The third kappa shape index (κ3) is 4.08. The molecule has 0 atom stereocenters. The average molecular weight is 366 g/mol. The largest absolute Gasteiger partial charge is 0.302 e. The Balaban J connectivity index is 2.21. The molecule has 0 unspecified atom stereocenters. The monoisotopic (exact) mass is 366 g/mol. The summed E-state index contributed by atoms with van der Waals surface area (Å²) in [5.41, 5.74) is 4.59. The van der Waals surface area contributed by atoms with Crippen molar-refractivity contribution in [2.75, 3.05) is 0 Å². The zero-order valence-electron chi connectivity index (χ0n) is 15.1. The minimum Gasteiger partial charge on any atom is -0.302 e. The summed E-state index contributed by atoms with van der Waals surface area (Å²) in [4.78, 5) is 1.03. The summed E-state index contributed by atoms with van der Waals surface area (Å²) in [5.74, 6) is 0. The fourth-order valence-corrected chi connectivity index (χ4v) is 8.23. The van der Waals surface area contributed by atoms with Gasteiger partial charge in [-0.25, -0.2) is 0 Å². The normalized spacial score (nSPS) is 11.5. The lowest BCUT2D eigenvalue weighted by atomic mass is 10.2. The highest BCUT2D eigenvalue weighted by molar-refractivity contribution is 8.62. The van der Waals surface area contributed by atoms with Crippen LogP contribution in [0.4, 0.5) is 0 Å². The highest BCUT2D eigenvalue weighted by Gasteiger charge is 2.30. The number of benzene rings is 3. The first-order valence-corrected chi connectivity index (χ1v) is 11.5. The van der Waals surface area contributed by atoms with Crippen molar-refractivity contribution in [3.8, 4) is 0 Å². The van der Waals surface area contributed by atoms with Gasteiger partial charge in [-0.15, -0.1) is 0 Å². The molecule has 3 aromatic carbocycles. The van der Waals surface area contributed by atoms with Crippen LogP contribution in [-0.2, 0) is 4.57 Å². The SMILES string of the molecule is Cc1cc(C)cc(P(=O)(Sc2ccccc2)c2cc(C)cc(C)c2)c1. The molecule has 3 aromatic rings. The molecule has 0 N–H and O–H groups in total. The number of hydrogen-bond donors (Lipinski definition) is 0. The van der Waals surface area contributed by atoms with E-state index in [1.807, 2.05) is 30.3 Å². The summed E-state index contributed by atoms with van der Waals surface area (Å²) in [7, 11) is 0. The number of aryl methyl sites for hydroxylation is 4. The molecule has 128 valence electrons. The molecule has 3 rings (SSSR count). The van der Waals surface area contributed by atoms with E-state index in [9.17, 15) is 4.57 Å². The standard InChI is InChI=1S/C22H23OPS/c1-16-10-17(2)13-20(12-16)24(23,25-22-8-6-5-7-9-22)21-14-18(3)11-19(4)15-21/h5-15H,1-4H3. The van der Waals surface area contributed by atoms with Gasteiger partial charge < -0.3 is 4.57 Å². The van der Waals surface area contributed by atoms with Gasteiger partial charge in [-0.05, 0) is 64.1 Å². The maximum absolute atomic E-state index is 14.4. The van der Waals surface area contributed by atoms with Crippen LogP contribution in [0.1, 0.15) is 22.3 Å². The summed E-state index contributed by atoms with van der Waals surface area (Å²) in [6.07, 6.45) is -2.84. The molecule has 0 bridgehead atoms. The van der Waals surface area contributed by atoms with E-state index in [1.165, 1.54) is 11.4 Å². The van der Waals surface area contributed by atoms with Gasteiger partial charge in [0.15, 0.2) is 6.34 Å². The minimum atomic E-state index is -2.84. The average Bonchev–Trinajstić information content (AvgIpc) is 2.54. The lowest BCUT2D eigenvalue weighted by Crippen LogP contribution is -2.15. The van der Waals surface area contributed by atoms with Gasteiger partial charge in [0.2, 0.25) is 0 Å². The maximum atomic E-state index is 14.4. The number of hydrogen-bond acceptors (Lipinski definition) is 2. The van der Waals surface area contributed by atoms with E-state index >= 15 is 0 Å². The van der Waals surface area contributed by atoms with Crippen molar-refractivity contribution in [2.45, 2.75) is 32.6 Å². The van der Waals surface area contributed by atoms with Crippen LogP contribution < -0.4 is 10.6 Å². The molecule has 0 fully saturated rings. The van der Waals surface area contributed by atoms with Gasteiger partial charge in [-0.2, -0.15) is 0 Å². The second-order valence-electron chi connectivity index (χ2n) is 6.65. The zero-order chi connectivity index (χ0) is 18.0. The molecule has 0 spiro atoms. The van der Waals surface area contributed by atoms with Crippen molar-refractivity contribution in [2.24, 2.45) is 0 Å². The Hall–Kier alpha value is -1.76. The van der Waals surface area contributed by atoms with Gasteiger partial charge in [0.1, 0.15) is 0 Å². The van der Waals surface area contributed by atoms with Gasteiger partial charge in [0, 0.05) is 15.5 Å². The van der Waals surface area contributed by atoms with Gasteiger partial charge >= 0.3 is 0 Å². The highest BCUT2D eigenvalue weighted by atomic mass is 32.7. The van der Waals surface area contributed by atoms with Crippen molar-refractivity contribution in [3.05, 3.63) is 89.0 Å². The van der Waals surface area contributed by atoms with Crippen molar-refractivity contribution in [1.29, 1.82) is 0 Å². The molecule has 0 aliphatic heterocycles. The van der Waals surface area contributed by atoms with E-state index in [4.69, 9.17) is 0 Å². The Morgan fingerprint density at radius 3 is 1.44 bits per heavy atom. The molecule has 0 radical (unpaired) electrons. The van der Waals surface area contributed by atoms with E-state index in [0.29, 0.717) is 0 Å². The fourth-order valence-electron chi connectivity index (χ4n) is 3.13. The molecule has 0 heterocycles. The van der Waals surface area contributed by atoms with Crippen LogP contribution in [0, 0.1) is 27.7 Å². The summed E-state index contributed by atoms with van der Waals surface area (Å²) >= 11 is 1.49. The molecule has 0 saturated carbocycles. The van der Waals surface area contributed by atoms with E-state index in [-0.39, 0.29) is 0 Å². The molecule has 1 nitrogen and oxygen atoms in total. The second kappa shape index (κ2) is 7.23. The molecule has 0 amide bonds. The molecular formula is C22H23OPS. The molecule has 0 aliphatic carbocycles. The van der Waals surface area contributed by atoms with Crippen LogP contribution in [0.5, 0.6) is 0 Å². The third-order valence-corrected chi connectivity index (χ3v) is 9.35. The third-order valence-electron chi connectivity index (χ3n) is 4.07. The lowest BCUT2D eigenvalue weighted by Gasteiger charge is -2.21. The highest BCUT2D eigenvalue weighted by Crippen LogP contribution is 2.60. The number of rotatable bonds is 4. The maximum Gasteiger partial charge on any atom is 0.199 e. The van der Waals surface area contributed by atoms with Crippen LogP contribution in [0.25, 0.3) is 0 Å². The molecule has 0 saturated heterocycles. The van der Waals surface area contributed by atoms with Crippen molar-refractivity contribution < 1.29 is 4.57 Å². The summed E-state index contributed by atoms with van der Waals surface area (Å²) in [5, 5.41) is 1.84. The van der Waals surface area contributed by atoms with Crippen molar-refractivity contribution in [1.82, 2.24) is 0 Å². The minimum absolute atomic E-state index is 0.920. The first kappa shape index (κ1) is 18.0. The fraction of sp³-hybridized carbons (Fsp3) is 0.182. The Kier molecular flexibility index (Phi) is 5.22. The van der Waals surface area contributed by atoms with Gasteiger partial charge in [-0.3, -0.25) is 0 Å². The van der Waals surface area contributed by atoms with Crippen LogP contribution in [0.15, 0.2) is 71.6 Å². The Morgan fingerprint density at radius 2 is 1.04 bits per heavy atom. The Labute approximate surface area is 154 Å². The topological polar surface area (TPSA) is 17.1 Å². The first-order chi connectivity index (χ1) is 11.9. The molecular weight excluding hydrogens is 343 g/mol. The predicted molar refractivity (Wildman–Crippen MR) is 111 cm³/mol. The lowest BCUT2D eigenvalue weighted by molar-refractivity contribution is 0.595. The van der Waals surface area contributed by atoms with Crippen LogP contribution in [0.2, 0.25) is 0 Å². The van der Waals surface area contributed by atoms with E-state index in [1.54, 1.807) is 0 Å². The van der Waals surface area contributed by atoms with Crippen molar-refractivity contribution in [3.63, 3.8) is 0 Å². The van der Waals surface area contributed by atoms with Gasteiger partial charge in [0.05, 0.1) is 0 Å². The Morgan fingerprint density at radius 1 is 0.640 bits per heavy atom. The quantitative estimate of drug-likeness (QED) is 0.531. The first-order valence-electron chi connectivity index (χ1n) is 8.39.